The van der Waals surface area contributed by atoms with Crippen LogP contribution in [0, 0.1) is 18.8 Å². The van der Waals surface area contributed by atoms with Gasteiger partial charge in [0, 0.05) is 31.1 Å². The van der Waals surface area contributed by atoms with E-state index in [1.54, 1.807) is 44.3 Å². The number of primary amides is 1. The van der Waals surface area contributed by atoms with Crippen LogP contribution in [0.3, 0.4) is 0 Å². The Morgan fingerprint density at radius 1 is 1.35 bits per heavy atom. The predicted molar refractivity (Wildman–Crippen MR) is 97.0 cm³/mol. The minimum atomic E-state index is -1.63. The van der Waals surface area contributed by atoms with Gasteiger partial charge in [0.25, 0.3) is 11.8 Å². The molecule has 132 valence electrons. The van der Waals surface area contributed by atoms with E-state index in [2.05, 4.69) is 16.8 Å². The van der Waals surface area contributed by atoms with E-state index >= 15 is 0 Å². The van der Waals surface area contributed by atoms with E-state index in [0.29, 0.717) is 23.4 Å². The van der Waals surface area contributed by atoms with Gasteiger partial charge in [-0.25, -0.2) is 4.98 Å². The lowest BCUT2D eigenvalue weighted by atomic mass is 10.0. The van der Waals surface area contributed by atoms with Crippen molar-refractivity contribution in [3.05, 3.63) is 53.2 Å². The summed E-state index contributed by atoms with van der Waals surface area (Å²) in [6.45, 7) is 2.25. The van der Waals surface area contributed by atoms with Gasteiger partial charge in [0.15, 0.2) is 0 Å². The Kier molecular flexibility index (Phi) is 4.49. The monoisotopic (exact) mass is 349 g/mol. The first kappa shape index (κ1) is 17.6. The van der Waals surface area contributed by atoms with Gasteiger partial charge >= 0.3 is 0 Å². The van der Waals surface area contributed by atoms with Gasteiger partial charge < -0.3 is 15.7 Å². The molecule has 1 aromatic carbocycles. The molecule has 1 fully saturated rings. The first-order valence-electron chi connectivity index (χ1n) is 8.19. The van der Waals surface area contributed by atoms with Crippen molar-refractivity contribution in [3.63, 3.8) is 0 Å². The highest BCUT2D eigenvalue weighted by atomic mass is 16.3. The summed E-state index contributed by atoms with van der Waals surface area (Å²) in [6.07, 6.45) is 0.288. The van der Waals surface area contributed by atoms with Gasteiger partial charge in [-0.1, -0.05) is 30.0 Å². The van der Waals surface area contributed by atoms with E-state index in [-0.39, 0.29) is 18.0 Å². The van der Waals surface area contributed by atoms with Crippen LogP contribution in [0.5, 0.6) is 0 Å². The lowest BCUT2D eigenvalue weighted by molar-refractivity contribution is -0.137. The van der Waals surface area contributed by atoms with Crippen molar-refractivity contribution in [2.75, 3.05) is 13.6 Å². The van der Waals surface area contributed by atoms with Crippen molar-refractivity contribution in [3.8, 4) is 23.1 Å². The standard InChI is InChI=1S/C20H19N3O3/c1-13-6-7-16(22-17(13)18(21)24)15-5-3-4-14(12-15)8-9-20(26)10-11-23(2)19(20)25/h3-7,12,26H,10-11H2,1-2H3,(H2,21,24). The number of aliphatic hydroxyl groups is 1. The second kappa shape index (κ2) is 6.62. The van der Waals surface area contributed by atoms with Crippen LogP contribution in [0.1, 0.15) is 28.0 Å². The molecule has 1 saturated heterocycles. The number of amides is 2. The zero-order chi connectivity index (χ0) is 18.9. The molecule has 0 saturated carbocycles. The van der Waals surface area contributed by atoms with E-state index < -0.39 is 11.5 Å². The third-order valence-corrected chi connectivity index (χ3v) is 4.41. The first-order chi connectivity index (χ1) is 12.3. The molecule has 0 bridgehead atoms. The molecule has 0 spiro atoms. The SMILES string of the molecule is Cc1ccc(-c2cccc(C#CC3(O)CCN(C)C3=O)c2)nc1C(N)=O. The Hall–Kier alpha value is -3.17. The predicted octanol–water partition coefficient (Wildman–Crippen LogP) is 1.10. The number of aryl methyl sites for hydroxylation is 1. The molecule has 26 heavy (non-hydrogen) atoms. The van der Waals surface area contributed by atoms with Gasteiger partial charge in [0.05, 0.1) is 5.69 Å². The van der Waals surface area contributed by atoms with E-state index in [1.165, 1.54) is 4.90 Å². The van der Waals surface area contributed by atoms with Gasteiger partial charge in [-0.3, -0.25) is 9.59 Å². The van der Waals surface area contributed by atoms with E-state index in [4.69, 9.17) is 5.73 Å². The number of pyridine rings is 1. The summed E-state index contributed by atoms with van der Waals surface area (Å²) in [7, 11) is 1.64. The third kappa shape index (κ3) is 3.30. The number of benzene rings is 1. The molecule has 6 nitrogen and oxygen atoms in total. The first-order valence-corrected chi connectivity index (χ1v) is 8.19. The van der Waals surface area contributed by atoms with Crippen LogP contribution in [-0.2, 0) is 4.79 Å². The van der Waals surface area contributed by atoms with Gasteiger partial charge in [-0.05, 0) is 30.7 Å². The summed E-state index contributed by atoms with van der Waals surface area (Å²) in [5, 5.41) is 10.4. The summed E-state index contributed by atoms with van der Waals surface area (Å²) in [6, 6.07) is 10.8. The Balaban J connectivity index is 1.93. The molecule has 1 aromatic heterocycles. The second-order valence-electron chi connectivity index (χ2n) is 6.39. The van der Waals surface area contributed by atoms with E-state index in [0.717, 1.165) is 5.56 Å². The number of nitrogens with zero attached hydrogens (tertiary/aromatic N) is 2. The fourth-order valence-corrected chi connectivity index (χ4v) is 2.84. The fourth-order valence-electron chi connectivity index (χ4n) is 2.84. The van der Waals surface area contributed by atoms with Crippen molar-refractivity contribution in [2.45, 2.75) is 18.9 Å². The highest BCUT2D eigenvalue weighted by Crippen LogP contribution is 2.22. The molecular formula is C20H19N3O3. The number of carbonyl (C=O) groups is 2. The van der Waals surface area contributed by atoms with Crippen LogP contribution in [0.25, 0.3) is 11.3 Å². The number of likely N-dealkylation sites (tertiary alicyclic amines) is 1. The Morgan fingerprint density at radius 2 is 2.12 bits per heavy atom. The van der Waals surface area contributed by atoms with Crippen LogP contribution < -0.4 is 5.73 Å². The van der Waals surface area contributed by atoms with Gasteiger partial charge in [0.2, 0.25) is 5.60 Å². The van der Waals surface area contributed by atoms with Crippen molar-refractivity contribution < 1.29 is 14.7 Å². The van der Waals surface area contributed by atoms with Gasteiger partial charge in [0.1, 0.15) is 5.69 Å². The topological polar surface area (TPSA) is 96.5 Å². The Morgan fingerprint density at radius 3 is 2.77 bits per heavy atom. The molecule has 6 heteroatoms. The molecule has 1 aliphatic heterocycles. The van der Waals surface area contributed by atoms with E-state index in [1.807, 2.05) is 6.07 Å². The summed E-state index contributed by atoms with van der Waals surface area (Å²) in [4.78, 5) is 29.3. The van der Waals surface area contributed by atoms with E-state index in [9.17, 15) is 14.7 Å². The highest BCUT2D eigenvalue weighted by Gasteiger charge is 2.42. The molecule has 1 unspecified atom stereocenters. The molecule has 1 atom stereocenters. The van der Waals surface area contributed by atoms with Gasteiger partial charge in [-0.2, -0.15) is 0 Å². The second-order valence-corrected chi connectivity index (χ2v) is 6.39. The highest BCUT2D eigenvalue weighted by molar-refractivity contribution is 5.93. The number of nitrogens with two attached hydrogens (primary N) is 1. The number of hydrogen-bond donors (Lipinski definition) is 2. The molecule has 0 aliphatic carbocycles. The van der Waals surface area contributed by atoms with Crippen LogP contribution in [-0.4, -0.2) is 46.0 Å². The van der Waals surface area contributed by atoms with Crippen LogP contribution in [0.4, 0.5) is 0 Å². The average molecular weight is 349 g/mol. The van der Waals surface area contributed by atoms with Crippen molar-refractivity contribution in [2.24, 2.45) is 5.73 Å². The summed E-state index contributed by atoms with van der Waals surface area (Å²) in [5.41, 5.74) is 6.67. The minimum Gasteiger partial charge on any atom is -0.369 e. The van der Waals surface area contributed by atoms with Crippen molar-refractivity contribution >= 4 is 11.8 Å². The maximum atomic E-state index is 12.0. The van der Waals surface area contributed by atoms with Crippen molar-refractivity contribution in [1.29, 1.82) is 0 Å². The van der Waals surface area contributed by atoms with Gasteiger partial charge in [-0.15, -0.1) is 0 Å². The fraction of sp³-hybridized carbons (Fsp3) is 0.250. The smallest absolute Gasteiger partial charge is 0.267 e. The third-order valence-electron chi connectivity index (χ3n) is 4.41. The number of aromatic nitrogens is 1. The molecular weight excluding hydrogens is 330 g/mol. The van der Waals surface area contributed by atoms with Crippen LogP contribution in [0.15, 0.2) is 36.4 Å². The lowest BCUT2D eigenvalue weighted by Gasteiger charge is -2.13. The van der Waals surface area contributed by atoms with Crippen LogP contribution in [0.2, 0.25) is 0 Å². The molecule has 0 radical (unpaired) electrons. The summed E-state index contributed by atoms with van der Waals surface area (Å²) < 4.78 is 0. The Bertz CT molecular complexity index is 958. The molecule has 2 heterocycles. The maximum absolute atomic E-state index is 12.0. The summed E-state index contributed by atoms with van der Waals surface area (Å²) >= 11 is 0. The maximum Gasteiger partial charge on any atom is 0.267 e. The molecule has 3 N–H and O–H groups in total. The zero-order valence-electron chi connectivity index (χ0n) is 14.6. The molecule has 1 aliphatic rings. The molecule has 2 aromatic rings. The number of rotatable bonds is 2. The van der Waals surface area contributed by atoms with Crippen molar-refractivity contribution in [1.82, 2.24) is 9.88 Å². The molecule has 2 amide bonds. The van der Waals surface area contributed by atoms with Crippen LogP contribution >= 0.6 is 0 Å². The number of hydrogen-bond acceptors (Lipinski definition) is 4. The number of carbonyl (C=O) groups excluding carboxylic acids is 2. The largest absolute Gasteiger partial charge is 0.369 e. The zero-order valence-corrected chi connectivity index (χ0v) is 14.6. The minimum absolute atomic E-state index is 0.230. The normalized spacial score (nSPS) is 19.2. The Labute approximate surface area is 151 Å². The number of likely N-dealkylation sites (N-methyl/N-ethyl adjacent to an activating group) is 1. The lowest BCUT2D eigenvalue weighted by Crippen LogP contribution is -2.37. The average Bonchev–Trinajstić information content (AvgIpc) is 2.88. The molecule has 3 rings (SSSR count). The summed E-state index contributed by atoms with van der Waals surface area (Å²) in [5.74, 6) is 4.60. The quantitative estimate of drug-likeness (QED) is 0.794.